The highest BCUT2D eigenvalue weighted by Crippen LogP contribution is 2.27. The van der Waals surface area contributed by atoms with Gasteiger partial charge in [-0.2, -0.15) is 0 Å². The second-order valence-corrected chi connectivity index (χ2v) is 4.63. The first kappa shape index (κ1) is 12.2. The van der Waals surface area contributed by atoms with Gasteiger partial charge in [-0.3, -0.25) is 0 Å². The molecule has 94 valence electrons. The normalized spacial score (nSPS) is 24.4. The molecule has 0 amide bonds. The van der Waals surface area contributed by atoms with Crippen molar-refractivity contribution >= 4 is 5.69 Å². The highest BCUT2D eigenvalue weighted by Gasteiger charge is 2.22. The smallest absolute Gasteiger partial charge is 0.142 e. The molecule has 0 bridgehead atoms. The van der Waals surface area contributed by atoms with Gasteiger partial charge in [0.2, 0.25) is 0 Å². The lowest BCUT2D eigenvalue weighted by molar-refractivity contribution is 0.340. The quantitative estimate of drug-likeness (QED) is 0.842. The topological polar surface area (TPSA) is 47.3 Å². The number of benzene rings is 1. The molecule has 1 aromatic rings. The maximum atomic E-state index is 6.15. The Balaban J connectivity index is 2.06. The lowest BCUT2D eigenvalue weighted by Gasteiger charge is -2.30. The lowest BCUT2D eigenvalue weighted by atomic mass is 9.91. The van der Waals surface area contributed by atoms with Crippen LogP contribution >= 0.6 is 0 Å². The van der Waals surface area contributed by atoms with Crippen LogP contribution in [0.2, 0.25) is 0 Å². The van der Waals surface area contributed by atoms with Crippen LogP contribution in [0.1, 0.15) is 32.6 Å². The van der Waals surface area contributed by atoms with Crippen molar-refractivity contribution in [1.82, 2.24) is 0 Å². The molecule has 2 rings (SSSR count). The van der Waals surface area contributed by atoms with Crippen molar-refractivity contribution in [1.29, 1.82) is 0 Å². The summed E-state index contributed by atoms with van der Waals surface area (Å²) in [5.41, 5.74) is 7.21. The average molecular weight is 234 g/mol. The highest BCUT2D eigenvalue weighted by atomic mass is 16.5. The summed E-state index contributed by atoms with van der Waals surface area (Å²) in [4.78, 5) is 0. The van der Waals surface area contributed by atoms with E-state index in [9.17, 15) is 0 Å². The van der Waals surface area contributed by atoms with Crippen molar-refractivity contribution in [2.45, 2.75) is 44.7 Å². The molecule has 1 aliphatic rings. The van der Waals surface area contributed by atoms with E-state index in [1.807, 2.05) is 25.1 Å². The molecule has 0 unspecified atom stereocenters. The predicted octanol–water partition coefficient (Wildman–Crippen LogP) is 2.77. The maximum absolute atomic E-state index is 6.15. The van der Waals surface area contributed by atoms with Gasteiger partial charge in [0.05, 0.1) is 12.3 Å². The third-order valence-electron chi connectivity index (χ3n) is 3.35. The molecular weight excluding hydrogens is 212 g/mol. The Morgan fingerprint density at radius 1 is 1.29 bits per heavy atom. The minimum atomic E-state index is 0.262. The molecule has 1 saturated carbocycles. The van der Waals surface area contributed by atoms with Gasteiger partial charge in [-0.05, 0) is 31.9 Å². The van der Waals surface area contributed by atoms with Gasteiger partial charge >= 0.3 is 0 Å². The van der Waals surface area contributed by atoms with E-state index in [1.54, 1.807) is 0 Å². The number of hydrogen-bond donors (Lipinski definition) is 2. The molecule has 0 spiro atoms. The molecule has 1 fully saturated rings. The number of ether oxygens (including phenoxy) is 1. The monoisotopic (exact) mass is 234 g/mol. The SMILES string of the molecule is CCOc1ccccc1N[C@@H]1CCCC[C@H]1N. The van der Waals surface area contributed by atoms with Crippen LogP contribution in [0.4, 0.5) is 5.69 Å². The standard InChI is InChI=1S/C14H22N2O/c1-2-17-14-10-6-5-9-13(14)16-12-8-4-3-7-11(12)15/h5-6,9-12,16H,2-4,7-8,15H2,1H3/t11-,12-/m1/s1. The van der Waals surface area contributed by atoms with E-state index in [0.717, 1.165) is 24.3 Å². The summed E-state index contributed by atoms with van der Waals surface area (Å²) in [6.45, 7) is 2.69. The van der Waals surface area contributed by atoms with Crippen LogP contribution in [0.25, 0.3) is 0 Å². The third-order valence-corrected chi connectivity index (χ3v) is 3.35. The summed E-state index contributed by atoms with van der Waals surface area (Å²) in [5, 5.41) is 3.53. The zero-order valence-electron chi connectivity index (χ0n) is 10.5. The fourth-order valence-corrected chi connectivity index (χ4v) is 2.41. The molecule has 0 aliphatic heterocycles. The number of para-hydroxylation sites is 2. The molecule has 0 saturated heterocycles. The highest BCUT2D eigenvalue weighted by molar-refractivity contribution is 5.57. The Labute approximate surface area is 103 Å². The van der Waals surface area contributed by atoms with E-state index in [-0.39, 0.29) is 6.04 Å². The molecule has 0 heterocycles. The first-order chi connectivity index (χ1) is 8.31. The van der Waals surface area contributed by atoms with E-state index < -0.39 is 0 Å². The van der Waals surface area contributed by atoms with Gasteiger partial charge in [0.1, 0.15) is 5.75 Å². The van der Waals surface area contributed by atoms with Gasteiger partial charge < -0.3 is 15.8 Å². The Morgan fingerprint density at radius 2 is 2.06 bits per heavy atom. The van der Waals surface area contributed by atoms with Crippen molar-refractivity contribution in [3.8, 4) is 5.75 Å². The van der Waals surface area contributed by atoms with Crippen molar-refractivity contribution < 1.29 is 4.74 Å². The number of rotatable bonds is 4. The number of nitrogens with two attached hydrogens (primary N) is 1. The minimum Gasteiger partial charge on any atom is -0.492 e. The molecular formula is C14H22N2O. The second kappa shape index (κ2) is 5.92. The fourth-order valence-electron chi connectivity index (χ4n) is 2.41. The Kier molecular flexibility index (Phi) is 4.26. The van der Waals surface area contributed by atoms with Gasteiger partial charge in [-0.1, -0.05) is 25.0 Å². The molecule has 0 aromatic heterocycles. The van der Waals surface area contributed by atoms with Crippen LogP contribution in [0, 0.1) is 0 Å². The van der Waals surface area contributed by atoms with Crippen molar-refractivity contribution in [3.63, 3.8) is 0 Å². The van der Waals surface area contributed by atoms with E-state index in [0.29, 0.717) is 12.6 Å². The summed E-state index contributed by atoms with van der Waals surface area (Å²) < 4.78 is 5.61. The van der Waals surface area contributed by atoms with E-state index in [1.165, 1.54) is 12.8 Å². The Hall–Kier alpha value is -1.22. The average Bonchev–Trinajstić information content (AvgIpc) is 2.35. The van der Waals surface area contributed by atoms with Gasteiger partial charge in [0.15, 0.2) is 0 Å². The van der Waals surface area contributed by atoms with Crippen molar-refractivity contribution in [3.05, 3.63) is 24.3 Å². The fraction of sp³-hybridized carbons (Fsp3) is 0.571. The molecule has 3 N–H and O–H groups in total. The van der Waals surface area contributed by atoms with Crippen molar-refractivity contribution in [2.24, 2.45) is 5.73 Å². The van der Waals surface area contributed by atoms with Crippen LogP contribution in [-0.4, -0.2) is 18.7 Å². The molecule has 2 atom stereocenters. The Bertz CT molecular complexity index is 354. The van der Waals surface area contributed by atoms with Crippen LogP contribution in [0.15, 0.2) is 24.3 Å². The van der Waals surface area contributed by atoms with Crippen LogP contribution in [0.5, 0.6) is 5.75 Å². The zero-order valence-corrected chi connectivity index (χ0v) is 10.5. The molecule has 1 aliphatic carbocycles. The molecule has 3 heteroatoms. The molecule has 3 nitrogen and oxygen atoms in total. The van der Waals surface area contributed by atoms with Crippen LogP contribution in [-0.2, 0) is 0 Å². The summed E-state index contributed by atoms with van der Waals surface area (Å²) in [7, 11) is 0. The summed E-state index contributed by atoms with van der Waals surface area (Å²) in [6, 6.07) is 8.73. The van der Waals surface area contributed by atoms with Gasteiger partial charge in [0.25, 0.3) is 0 Å². The van der Waals surface area contributed by atoms with Crippen molar-refractivity contribution in [2.75, 3.05) is 11.9 Å². The first-order valence-electron chi connectivity index (χ1n) is 6.55. The zero-order chi connectivity index (χ0) is 12.1. The van der Waals surface area contributed by atoms with E-state index >= 15 is 0 Å². The third kappa shape index (κ3) is 3.13. The van der Waals surface area contributed by atoms with Crippen LogP contribution < -0.4 is 15.8 Å². The second-order valence-electron chi connectivity index (χ2n) is 4.63. The Morgan fingerprint density at radius 3 is 2.82 bits per heavy atom. The predicted molar refractivity (Wildman–Crippen MR) is 71.5 cm³/mol. The number of hydrogen-bond acceptors (Lipinski definition) is 3. The van der Waals surface area contributed by atoms with Crippen LogP contribution in [0.3, 0.4) is 0 Å². The molecule has 17 heavy (non-hydrogen) atoms. The molecule has 1 aromatic carbocycles. The first-order valence-corrected chi connectivity index (χ1v) is 6.55. The lowest BCUT2D eigenvalue weighted by Crippen LogP contribution is -2.42. The van der Waals surface area contributed by atoms with Gasteiger partial charge in [-0.25, -0.2) is 0 Å². The van der Waals surface area contributed by atoms with Gasteiger partial charge in [0, 0.05) is 12.1 Å². The summed E-state index contributed by atoms with van der Waals surface area (Å²) in [5.74, 6) is 0.924. The van der Waals surface area contributed by atoms with Gasteiger partial charge in [-0.15, -0.1) is 0 Å². The largest absolute Gasteiger partial charge is 0.492 e. The summed E-state index contributed by atoms with van der Waals surface area (Å²) >= 11 is 0. The minimum absolute atomic E-state index is 0.262. The molecule has 0 radical (unpaired) electrons. The van der Waals surface area contributed by atoms with E-state index in [4.69, 9.17) is 10.5 Å². The number of anilines is 1. The summed E-state index contributed by atoms with van der Waals surface area (Å²) in [6.07, 6.45) is 4.80. The van der Waals surface area contributed by atoms with E-state index in [2.05, 4.69) is 11.4 Å². The number of nitrogens with one attached hydrogen (secondary N) is 1. The maximum Gasteiger partial charge on any atom is 0.142 e.